The van der Waals surface area contributed by atoms with E-state index in [-0.39, 0.29) is 23.5 Å². The van der Waals surface area contributed by atoms with Gasteiger partial charge in [-0.1, -0.05) is 64.5 Å². The number of benzene rings is 4. The lowest BCUT2D eigenvalue weighted by Crippen LogP contribution is -2.02. The molecule has 0 aliphatic heterocycles. The van der Waals surface area contributed by atoms with Crippen molar-refractivity contribution in [3.8, 4) is 28.0 Å². The van der Waals surface area contributed by atoms with E-state index < -0.39 is 40.2 Å². The first kappa shape index (κ1) is 22.0. The van der Waals surface area contributed by atoms with Crippen molar-refractivity contribution in [3.05, 3.63) is 112 Å². The molecule has 0 fully saturated rings. The van der Waals surface area contributed by atoms with Crippen LogP contribution in [0.1, 0.15) is 5.56 Å². The maximum atomic E-state index is 14.8. The Labute approximate surface area is 189 Å². The second-order valence-electron chi connectivity index (χ2n) is 6.93. The van der Waals surface area contributed by atoms with E-state index in [1.807, 2.05) is 6.07 Å². The van der Waals surface area contributed by atoms with Crippen molar-refractivity contribution in [1.29, 1.82) is 0 Å². The van der Waals surface area contributed by atoms with E-state index in [4.69, 9.17) is 4.74 Å². The summed E-state index contributed by atoms with van der Waals surface area (Å²) in [6, 6.07) is 17.2. The lowest BCUT2D eigenvalue weighted by molar-refractivity contribution is 0.285. The van der Waals surface area contributed by atoms with E-state index in [1.165, 1.54) is 12.1 Å². The third-order valence-electron chi connectivity index (χ3n) is 4.88. The molecule has 0 aliphatic carbocycles. The summed E-state index contributed by atoms with van der Waals surface area (Å²) in [5.74, 6) is -6.60. The third-order valence-corrected chi connectivity index (χ3v) is 5.37. The Kier molecular flexibility index (Phi) is 6.28. The summed E-state index contributed by atoms with van der Waals surface area (Å²) >= 11 is 3.09. The smallest absolute Gasteiger partial charge is 0.201 e. The molecule has 0 bridgehead atoms. The second kappa shape index (κ2) is 9.12. The van der Waals surface area contributed by atoms with E-state index in [2.05, 4.69) is 15.9 Å². The van der Waals surface area contributed by atoms with Crippen molar-refractivity contribution >= 4 is 15.9 Å². The van der Waals surface area contributed by atoms with Gasteiger partial charge in [0.25, 0.3) is 0 Å². The molecule has 4 aromatic rings. The van der Waals surface area contributed by atoms with Gasteiger partial charge in [-0.15, -0.1) is 0 Å². The van der Waals surface area contributed by atoms with Gasteiger partial charge in [0.1, 0.15) is 12.4 Å². The minimum atomic E-state index is -1.42. The molecule has 0 atom stereocenters. The van der Waals surface area contributed by atoms with Crippen molar-refractivity contribution in [2.45, 2.75) is 6.61 Å². The zero-order chi connectivity index (χ0) is 22.8. The van der Waals surface area contributed by atoms with E-state index in [0.29, 0.717) is 4.47 Å². The van der Waals surface area contributed by atoms with Crippen LogP contribution in [0, 0.1) is 29.1 Å². The topological polar surface area (TPSA) is 9.23 Å². The molecule has 0 aliphatic rings. The highest BCUT2D eigenvalue weighted by Gasteiger charge is 2.22. The molecule has 1 nitrogen and oxygen atoms in total. The van der Waals surface area contributed by atoms with E-state index in [9.17, 15) is 22.0 Å². The van der Waals surface area contributed by atoms with Crippen LogP contribution in [0.5, 0.6) is 5.75 Å². The Morgan fingerprint density at radius 3 is 1.75 bits per heavy atom. The zero-order valence-electron chi connectivity index (χ0n) is 16.3. The summed E-state index contributed by atoms with van der Waals surface area (Å²) in [4.78, 5) is 0. The minimum absolute atomic E-state index is 0.00693. The Morgan fingerprint density at radius 2 is 1.12 bits per heavy atom. The number of rotatable bonds is 5. The van der Waals surface area contributed by atoms with Gasteiger partial charge in [-0.3, -0.25) is 0 Å². The fourth-order valence-electron chi connectivity index (χ4n) is 3.26. The van der Waals surface area contributed by atoms with Crippen molar-refractivity contribution < 1.29 is 26.7 Å². The van der Waals surface area contributed by atoms with Crippen LogP contribution in [-0.4, -0.2) is 0 Å². The molecule has 0 heterocycles. The predicted molar refractivity (Wildman–Crippen MR) is 116 cm³/mol. The molecule has 7 heteroatoms. The fraction of sp³-hybridized carbons (Fsp3) is 0.0400. The van der Waals surface area contributed by atoms with Crippen molar-refractivity contribution in [2.24, 2.45) is 0 Å². The van der Waals surface area contributed by atoms with Gasteiger partial charge in [-0.2, -0.15) is 4.39 Å². The van der Waals surface area contributed by atoms with E-state index in [0.717, 1.165) is 35.9 Å². The van der Waals surface area contributed by atoms with Gasteiger partial charge in [-0.05, 0) is 29.8 Å². The lowest BCUT2D eigenvalue weighted by atomic mass is 9.98. The number of halogens is 6. The van der Waals surface area contributed by atoms with Crippen molar-refractivity contribution in [1.82, 2.24) is 0 Å². The molecule has 0 aromatic heterocycles. The van der Waals surface area contributed by atoms with Gasteiger partial charge >= 0.3 is 0 Å². The molecule has 0 saturated carbocycles. The molecule has 162 valence electrons. The first-order chi connectivity index (χ1) is 15.4. The standard InChI is InChI=1S/C25H14BrF5O/c26-15-6-7-16(20(27)12-15)17-8-9-18(23(29)22(17)28)19-10-11-21(25(31)24(19)30)32-13-14-4-2-1-3-5-14/h1-12H,13H2. The first-order valence-electron chi connectivity index (χ1n) is 9.45. The second-order valence-corrected chi connectivity index (χ2v) is 7.84. The van der Waals surface area contributed by atoms with Crippen LogP contribution in [0.2, 0.25) is 0 Å². The average Bonchev–Trinajstić information content (AvgIpc) is 2.78. The summed E-state index contributed by atoms with van der Waals surface area (Å²) in [5.41, 5.74) is -0.712. The number of ether oxygens (including phenoxy) is 1. The zero-order valence-corrected chi connectivity index (χ0v) is 17.9. The van der Waals surface area contributed by atoms with Crippen LogP contribution in [-0.2, 0) is 6.61 Å². The van der Waals surface area contributed by atoms with Gasteiger partial charge in [0.05, 0.1) is 0 Å². The SMILES string of the molecule is Fc1cc(Br)ccc1-c1ccc(-c2ccc(OCc3ccccc3)c(F)c2F)c(F)c1F. The Balaban J connectivity index is 1.67. The van der Waals surface area contributed by atoms with E-state index >= 15 is 0 Å². The van der Waals surface area contributed by atoms with Gasteiger partial charge in [0.2, 0.25) is 5.82 Å². The van der Waals surface area contributed by atoms with Crippen LogP contribution < -0.4 is 4.74 Å². The molecular formula is C25H14BrF5O. The summed E-state index contributed by atoms with van der Waals surface area (Å²) in [5, 5.41) is 0. The van der Waals surface area contributed by atoms with Crippen LogP contribution >= 0.6 is 15.9 Å². The average molecular weight is 505 g/mol. The van der Waals surface area contributed by atoms with Crippen molar-refractivity contribution in [2.75, 3.05) is 0 Å². The van der Waals surface area contributed by atoms with Gasteiger partial charge in [0.15, 0.2) is 23.2 Å². The number of hydrogen-bond donors (Lipinski definition) is 0. The monoisotopic (exact) mass is 504 g/mol. The number of hydrogen-bond acceptors (Lipinski definition) is 1. The Morgan fingerprint density at radius 1 is 0.594 bits per heavy atom. The highest BCUT2D eigenvalue weighted by Crippen LogP contribution is 2.36. The third kappa shape index (κ3) is 4.25. The summed E-state index contributed by atoms with van der Waals surface area (Å²) in [7, 11) is 0. The highest BCUT2D eigenvalue weighted by molar-refractivity contribution is 9.10. The Bertz CT molecular complexity index is 1290. The van der Waals surface area contributed by atoms with Gasteiger partial charge < -0.3 is 4.74 Å². The Hall–Kier alpha value is -3.19. The lowest BCUT2D eigenvalue weighted by Gasteiger charge is -2.13. The molecule has 0 N–H and O–H groups in total. The van der Waals surface area contributed by atoms with Crippen LogP contribution in [0.4, 0.5) is 22.0 Å². The molecule has 0 unspecified atom stereocenters. The fourth-order valence-corrected chi connectivity index (χ4v) is 3.59. The summed E-state index contributed by atoms with van der Waals surface area (Å²) in [6.45, 7) is 0.00693. The van der Waals surface area contributed by atoms with Gasteiger partial charge in [-0.25, -0.2) is 17.6 Å². The molecule has 0 amide bonds. The molecule has 0 spiro atoms. The minimum Gasteiger partial charge on any atom is -0.486 e. The normalized spacial score (nSPS) is 10.9. The van der Waals surface area contributed by atoms with Crippen LogP contribution in [0.15, 0.2) is 77.3 Å². The first-order valence-corrected chi connectivity index (χ1v) is 10.2. The predicted octanol–water partition coefficient (Wildman–Crippen LogP) is 8.06. The summed E-state index contributed by atoms with van der Waals surface area (Å²) in [6.07, 6.45) is 0. The quantitative estimate of drug-likeness (QED) is 0.250. The molecule has 4 aromatic carbocycles. The van der Waals surface area contributed by atoms with Crippen molar-refractivity contribution in [3.63, 3.8) is 0 Å². The van der Waals surface area contributed by atoms with Crippen LogP contribution in [0.3, 0.4) is 0 Å². The summed E-state index contributed by atoms with van der Waals surface area (Å²) < 4.78 is 78.7. The van der Waals surface area contributed by atoms with E-state index in [1.54, 1.807) is 24.3 Å². The highest BCUT2D eigenvalue weighted by atomic mass is 79.9. The molecular weight excluding hydrogens is 491 g/mol. The van der Waals surface area contributed by atoms with Crippen LogP contribution in [0.25, 0.3) is 22.3 Å². The molecule has 4 rings (SSSR count). The van der Waals surface area contributed by atoms with Gasteiger partial charge in [0, 0.05) is 26.7 Å². The molecule has 32 heavy (non-hydrogen) atoms. The maximum absolute atomic E-state index is 14.8. The largest absolute Gasteiger partial charge is 0.486 e. The maximum Gasteiger partial charge on any atom is 0.201 e. The molecule has 0 radical (unpaired) electrons. The molecule has 0 saturated heterocycles.